The van der Waals surface area contributed by atoms with Crippen LogP contribution in [0, 0.1) is 0 Å². The summed E-state index contributed by atoms with van der Waals surface area (Å²) in [5, 5.41) is 0.544. The quantitative estimate of drug-likeness (QED) is 0.213. The van der Waals surface area contributed by atoms with Crippen molar-refractivity contribution in [1.29, 1.82) is 0 Å². The molecule has 0 unspecified atom stereocenters. The van der Waals surface area contributed by atoms with Gasteiger partial charge in [-0.25, -0.2) is 4.79 Å². The van der Waals surface area contributed by atoms with Gasteiger partial charge in [0.15, 0.2) is 5.78 Å². The predicted molar refractivity (Wildman–Crippen MR) is 114 cm³/mol. The molecule has 0 radical (unpaired) electrons. The molecule has 3 aromatic rings. The maximum atomic E-state index is 12.3. The first-order valence-corrected chi connectivity index (χ1v) is 9.46. The van der Waals surface area contributed by atoms with Gasteiger partial charge in [-0.05, 0) is 79.2 Å². The first kappa shape index (κ1) is 20.4. The Morgan fingerprint density at radius 1 is 0.828 bits per heavy atom. The lowest BCUT2D eigenvalue weighted by atomic mass is 10.1. The summed E-state index contributed by atoms with van der Waals surface area (Å²) < 4.78 is 10.7. The summed E-state index contributed by atoms with van der Waals surface area (Å²) in [7, 11) is 0. The highest BCUT2D eigenvalue weighted by Gasteiger charge is 2.09. The molecule has 0 aliphatic heterocycles. The Balaban J connectivity index is 1.60. The molecule has 0 fully saturated rings. The molecular formula is C24H19ClO4. The smallest absolute Gasteiger partial charge is 0.343 e. The van der Waals surface area contributed by atoms with Gasteiger partial charge in [0, 0.05) is 10.6 Å². The van der Waals surface area contributed by atoms with E-state index in [2.05, 4.69) is 0 Å². The Kier molecular flexibility index (Phi) is 6.82. The van der Waals surface area contributed by atoms with E-state index in [1.165, 1.54) is 6.08 Å². The molecule has 0 saturated heterocycles. The zero-order valence-corrected chi connectivity index (χ0v) is 16.6. The summed E-state index contributed by atoms with van der Waals surface area (Å²) in [4.78, 5) is 24.5. The Bertz CT molecular complexity index is 1000. The predicted octanol–water partition coefficient (Wildman–Crippen LogP) is 5.85. The second-order valence-electron chi connectivity index (χ2n) is 6.12. The third-order valence-electron chi connectivity index (χ3n) is 4.05. The van der Waals surface area contributed by atoms with Crippen LogP contribution < -0.4 is 9.47 Å². The number of hydrogen-bond donors (Lipinski definition) is 0. The topological polar surface area (TPSA) is 52.6 Å². The number of ketones is 1. The Morgan fingerprint density at radius 3 is 2.03 bits per heavy atom. The fourth-order valence-electron chi connectivity index (χ4n) is 2.55. The summed E-state index contributed by atoms with van der Waals surface area (Å²) >= 11 is 5.81. The molecule has 29 heavy (non-hydrogen) atoms. The van der Waals surface area contributed by atoms with Crippen LogP contribution in [0.15, 0.2) is 78.9 Å². The highest BCUT2D eigenvalue weighted by atomic mass is 35.5. The van der Waals surface area contributed by atoms with E-state index in [1.54, 1.807) is 54.6 Å². The normalized spacial score (nSPS) is 10.7. The zero-order chi connectivity index (χ0) is 20.6. The number of benzene rings is 3. The summed E-state index contributed by atoms with van der Waals surface area (Å²) in [5.41, 5.74) is 1.79. The average molecular weight is 407 g/mol. The monoisotopic (exact) mass is 406 g/mol. The lowest BCUT2D eigenvalue weighted by molar-refractivity contribution is 0.0734. The molecule has 0 heterocycles. The van der Waals surface area contributed by atoms with E-state index in [-0.39, 0.29) is 5.78 Å². The molecule has 0 amide bonds. The number of halogens is 1. The van der Waals surface area contributed by atoms with Gasteiger partial charge in [0.05, 0.1) is 12.2 Å². The summed E-state index contributed by atoms with van der Waals surface area (Å²) in [6, 6.07) is 20.3. The minimum atomic E-state index is -0.490. The largest absolute Gasteiger partial charge is 0.494 e. The van der Waals surface area contributed by atoms with Crippen molar-refractivity contribution in [2.75, 3.05) is 6.61 Å². The Morgan fingerprint density at radius 2 is 1.41 bits per heavy atom. The molecule has 4 nitrogen and oxygen atoms in total. The molecule has 0 aliphatic carbocycles. The number of carbonyl (C=O) groups excluding carboxylic acids is 2. The van der Waals surface area contributed by atoms with Crippen LogP contribution in [0.3, 0.4) is 0 Å². The molecular weight excluding hydrogens is 388 g/mol. The molecule has 0 N–H and O–H groups in total. The van der Waals surface area contributed by atoms with Crippen LogP contribution in [0.4, 0.5) is 0 Å². The van der Waals surface area contributed by atoms with Crippen molar-refractivity contribution in [1.82, 2.24) is 0 Å². The number of hydrogen-bond acceptors (Lipinski definition) is 4. The van der Waals surface area contributed by atoms with E-state index in [1.807, 2.05) is 31.2 Å². The minimum absolute atomic E-state index is 0.144. The van der Waals surface area contributed by atoms with Gasteiger partial charge >= 0.3 is 5.97 Å². The van der Waals surface area contributed by atoms with Crippen molar-refractivity contribution in [2.45, 2.75) is 6.92 Å². The van der Waals surface area contributed by atoms with Crippen molar-refractivity contribution in [2.24, 2.45) is 0 Å². The summed E-state index contributed by atoms with van der Waals surface area (Å²) in [5.74, 6) is 0.516. The maximum Gasteiger partial charge on any atom is 0.343 e. The van der Waals surface area contributed by atoms with Crippen LogP contribution in [0.1, 0.15) is 33.2 Å². The summed E-state index contributed by atoms with van der Waals surface area (Å²) in [6.07, 6.45) is 3.25. The van der Waals surface area contributed by atoms with E-state index in [4.69, 9.17) is 21.1 Å². The van der Waals surface area contributed by atoms with E-state index in [0.29, 0.717) is 28.5 Å². The van der Waals surface area contributed by atoms with Crippen LogP contribution in [0.5, 0.6) is 11.5 Å². The van der Waals surface area contributed by atoms with Crippen molar-refractivity contribution in [3.8, 4) is 11.5 Å². The molecule has 146 valence electrons. The van der Waals surface area contributed by atoms with Crippen LogP contribution in [0.2, 0.25) is 5.02 Å². The van der Waals surface area contributed by atoms with Gasteiger partial charge in [-0.3, -0.25) is 4.79 Å². The standard InChI is InChI=1S/C24H19ClO4/c1-2-28-21-12-3-17(4-13-21)5-16-23(26)18-8-14-22(15-9-18)29-24(27)19-6-10-20(25)11-7-19/h3-16H,2H2,1H3. The van der Waals surface area contributed by atoms with Crippen LogP contribution in [-0.4, -0.2) is 18.4 Å². The lowest BCUT2D eigenvalue weighted by Gasteiger charge is -2.05. The van der Waals surface area contributed by atoms with Gasteiger partial charge in [0.1, 0.15) is 11.5 Å². The highest BCUT2D eigenvalue weighted by molar-refractivity contribution is 6.30. The number of ether oxygens (including phenoxy) is 2. The van der Waals surface area contributed by atoms with E-state index in [0.717, 1.165) is 11.3 Å². The Labute approximate surface area is 174 Å². The van der Waals surface area contributed by atoms with Crippen molar-refractivity contribution < 1.29 is 19.1 Å². The molecule has 0 aliphatic rings. The molecule has 0 aromatic heterocycles. The van der Waals surface area contributed by atoms with Gasteiger partial charge in [-0.2, -0.15) is 0 Å². The fourth-order valence-corrected chi connectivity index (χ4v) is 2.68. The molecule has 5 heteroatoms. The Hall–Kier alpha value is -3.37. The van der Waals surface area contributed by atoms with Crippen LogP contribution >= 0.6 is 11.6 Å². The lowest BCUT2D eigenvalue weighted by Crippen LogP contribution is -2.08. The minimum Gasteiger partial charge on any atom is -0.494 e. The third-order valence-corrected chi connectivity index (χ3v) is 4.30. The highest BCUT2D eigenvalue weighted by Crippen LogP contribution is 2.17. The molecule has 0 bridgehead atoms. The van der Waals surface area contributed by atoms with Crippen molar-refractivity contribution >= 4 is 29.4 Å². The van der Waals surface area contributed by atoms with Gasteiger partial charge in [0.25, 0.3) is 0 Å². The zero-order valence-electron chi connectivity index (χ0n) is 15.8. The maximum absolute atomic E-state index is 12.3. The van der Waals surface area contributed by atoms with Gasteiger partial charge in [-0.15, -0.1) is 0 Å². The average Bonchev–Trinajstić information content (AvgIpc) is 2.74. The first-order valence-electron chi connectivity index (χ1n) is 9.08. The van der Waals surface area contributed by atoms with E-state index < -0.39 is 5.97 Å². The second kappa shape index (κ2) is 9.71. The van der Waals surface area contributed by atoms with E-state index >= 15 is 0 Å². The number of esters is 1. The van der Waals surface area contributed by atoms with Crippen LogP contribution in [0.25, 0.3) is 6.08 Å². The number of rotatable bonds is 7. The second-order valence-corrected chi connectivity index (χ2v) is 6.56. The van der Waals surface area contributed by atoms with E-state index in [9.17, 15) is 9.59 Å². The molecule has 0 saturated carbocycles. The molecule has 0 atom stereocenters. The van der Waals surface area contributed by atoms with Gasteiger partial charge in [0.2, 0.25) is 0 Å². The molecule has 3 rings (SSSR count). The molecule has 3 aromatic carbocycles. The fraction of sp³-hybridized carbons (Fsp3) is 0.0833. The summed E-state index contributed by atoms with van der Waals surface area (Å²) in [6.45, 7) is 2.54. The third kappa shape index (κ3) is 5.80. The SMILES string of the molecule is CCOc1ccc(C=CC(=O)c2ccc(OC(=O)c3ccc(Cl)cc3)cc2)cc1. The van der Waals surface area contributed by atoms with Gasteiger partial charge < -0.3 is 9.47 Å². The number of carbonyl (C=O) groups is 2. The number of allylic oxidation sites excluding steroid dienone is 1. The first-order chi connectivity index (χ1) is 14.0. The van der Waals surface area contributed by atoms with Gasteiger partial charge in [-0.1, -0.05) is 29.8 Å². The van der Waals surface area contributed by atoms with Crippen molar-refractivity contribution in [3.05, 3.63) is 101 Å². The van der Waals surface area contributed by atoms with Crippen molar-refractivity contribution in [3.63, 3.8) is 0 Å². The van der Waals surface area contributed by atoms with Crippen LogP contribution in [-0.2, 0) is 0 Å². The molecule has 0 spiro atoms.